The Hall–Kier alpha value is -3.57. The molecule has 236 valence electrons. The zero-order chi connectivity index (χ0) is 31.2. The van der Waals surface area contributed by atoms with Crippen LogP contribution in [0.2, 0.25) is 0 Å². The van der Waals surface area contributed by atoms with Crippen LogP contribution in [-0.2, 0) is 4.79 Å². The number of aliphatic hydroxyl groups is 1. The summed E-state index contributed by atoms with van der Waals surface area (Å²) in [4.78, 5) is 41.4. The highest BCUT2D eigenvalue weighted by Crippen LogP contribution is 2.45. The summed E-state index contributed by atoms with van der Waals surface area (Å²) in [5, 5.41) is 13.3. The Morgan fingerprint density at radius 2 is 1.95 bits per heavy atom. The number of aromatic nitrogens is 2. The first-order chi connectivity index (χ1) is 21.1. The smallest absolute Gasteiger partial charge is 0.258 e. The minimum Gasteiger partial charge on any atom is -0.451 e. The van der Waals surface area contributed by atoms with Crippen LogP contribution in [-0.4, -0.2) is 93.6 Å². The third-order valence-corrected chi connectivity index (χ3v) is 10.0. The number of amides is 2. The van der Waals surface area contributed by atoms with E-state index in [0.29, 0.717) is 17.6 Å². The number of fused-ring (bicyclic) bond motifs is 3. The number of likely N-dealkylation sites (tertiary alicyclic amines) is 1. The lowest BCUT2D eigenvalue weighted by atomic mass is 9.70. The molecule has 2 aromatic rings. The van der Waals surface area contributed by atoms with Crippen molar-refractivity contribution < 1.29 is 23.8 Å². The third-order valence-electron chi connectivity index (χ3n) is 10.0. The topological polar surface area (TPSA) is 111 Å². The fraction of sp³-hybridized carbons (Fsp3) is 0.576. The molecular formula is C33H43FN6O4. The number of nitrogens with one attached hydrogen (secondary N) is 1. The molecule has 7 rings (SSSR count). The first kappa shape index (κ1) is 30.5. The largest absolute Gasteiger partial charge is 0.451 e. The maximum Gasteiger partial charge on any atom is 0.258 e. The molecule has 4 saturated heterocycles. The van der Waals surface area contributed by atoms with Crippen molar-refractivity contribution >= 4 is 17.6 Å². The number of carbonyl (C=O) groups excluding carboxylic acids is 2. The zero-order valence-electron chi connectivity index (χ0n) is 25.8. The molecule has 1 aromatic carbocycles. The zero-order valence-corrected chi connectivity index (χ0v) is 25.8. The van der Waals surface area contributed by atoms with Crippen LogP contribution in [0.5, 0.6) is 11.5 Å². The van der Waals surface area contributed by atoms with Crippen molar-refractivity contribution in [3.63, 3.8) is 0 Å². The van der Waals surface area contributed by atoms with Gasteiger partial charge < -0.3 is 29.9 Å². The second-order valence-electron chi connectivity index (χ2n) is 13.4. The SMILES string of the molecule is C=C1C[C@@H]2CC[C@H]1[C@@H](C(=O)N1CCC3(CC1)CN(c1ncncc1Oc1ccc(F)cc1C(=O)N(C(C)C)[C@H](C)CO)C3)N2. The molecule has 1 saturated carbocycles. The molecule has 2 bridgehead atoms. The summed E-state index contributed by atoms with van der Waals surface area (Å²) >= 11 is 0. The van der Waals surface area contributed by atoms with Gasteiger partial charge in [0.15, 0.2) is 11.6 Å². The molecule has 5 aliphatic rings. The predicted octanol–water partition coefficient (Wildman–Crippen LogP) is 3.76. The van der Waals surface area contributed by atoms with E-state index in [1.807, 2.05) is 18.7 Å². The summed E-state index contributed by atoms with van der Waals surface area (Å²) in [7, 11) is 0. The first-order valence-electron chi connectivity index (χ1n) is 15.8. The maximum absolute atomic E-state index is 14.4. The average Bonchev–Trinajstić information content (AvgIpc) is 3.00. The molecule has 11 heteroatoms. The fourth-order valence-electron chi connectivity index (χ4n) is 7.61. The summed E-state index contributed by atoms with van der Waals surface area (Å²) in [5.74, 6) is 0.654. The third kappa shape index (κ3) is 5.67. The van der Waals surface area contributed by atoms with Crippen molar-refractivity contribution in [1.82, 2.24) is 25.1 Å². The van der Waals surface area contributed by atoms with Gasteiger partial charge in [-0.15, -0.1) is 0 Å². The van der Waals surface area contributed by atoms with Crippen LogP contribution in [0.1, 0.15) is 63.2 Å². The molecule has 5 fully saturated rings. The minimum absolute atomic E-state index is 0.0650. The number of hydrogen-bond donors (Lipinski definition) is 2. The number of hydrogen-bond acceptors (Lipinski definition) is 8. The van der Waals surface area contributed by atoms with Crippen LogP contribution in [0.4, 0.5) is 10.2 Å². The van der Waals surface area contributed by atoms with Crippen LogP contribution >= 0.6 is 0 Å². The number of nitrogens with zero attached hydrogens (tertiary/aromatic N) is 5. The van der Waals surface area contributed by atoms with Gasteiger partial charge in [-0.3, -0.25) is 9.59 Å². The summed E-state index contributed by atoms with van der Waals surface area (Å²) in [6.45, 7) is 12.5. The Labute approximate surface area is 258 Å². The van der Waals surface area contributed by atoms with Gasteiger partial charge in [0, 0.05) is 49.6 Å². The van der Waals surface area contributed by atoms with E-state index in [1.54, 1.807) is 13.1 Å². The van der Waals surface area contributed by atoms with Crippen LogP contribution in [0.3, 0.4) is 0 Å². The van der Waals surface area contributed by atoms with Crippen LogP contribution in [0.25, 0.3) is 0 Å². The number of benzene rings is 1. The Balaban J connectivity index is 1.12. The summed E-state index contributed by atoms with van der Waals surface area (Å²) in [6, 6.07) is 3.43. The van der Waals surface area contributed by atoms with E-state index in [-0.39, 0.29) is 47.2 Å². The van der Waals surface area contributed by atoms with Gasteiger partial charge in [-0.1, -0.05) is 12.2 Å². The van der Waals surface area contributed by atoms with Crippen molar-refractivity contribution in [2.24, 2.45) is 11.3 Å². The highest BCUT2D eigenvalue weighted by molar-refractivity contribution is 5.97. The lowest BCUT2D eigenvalue weighted by Gasteiger charge is -2.55. The molecule has 10 nitrogen and oxygen atoms in total. The minimum atomic E-state index is -0.559. The second-order valence-corrected chi connectivity index (χ2v) is 13.4. The molecular weight excluding hydrogens is 563 g/mol. The predicted molar refractivity (Wildman–Crippen MR) is 164 cm³/mol. The summed E-state index contributed by atoms with van der Waals surface area (Å²) < 4.78 is 20.6. The van der Waals surface area contributed by atoms with Gasteiger partial charge in [-0.2, -0.15) is 0 Å². The van der Waals surface area contributed by atoms with Crippen LogP contribution in [0, 0.1) is 17.2 Å². The number of ether oxygens (including phenoxy) is 1. The standard InChI is InChI=1S/C33H43FN6O4/c1-20(2)40(22(4)16-41)31(42)26-14-23(34)5-8-27(26)44-28-15-35-19-36-30(28)39-17-33(18-39)9-11-38(12-10-33)32(43)29-25-7-6-24(37-29)13-21(25)3/h5,8,14-15,19-20,22,24-25,29,37,41H,3,6-7,9-13,16-18H2,1-2,4H3/t22-,24+,25-,29+/m1/s1. The van der Waals surface area contributed by atoms with Gasteiger partial charge in [-0.05, 0) is 71.1 Å². The molecule has 4 aliphatic heterocycles. The van der Waals surface area contributed by atoms with Crippen molar-refractivity contribution in [1.29, 1.82) is 0 Å². The molecule has 5 heterocycles. The molecule has 4 atom stereocenters. The van der Waals surface area contributed by atoms with E-state index in [0.717, 1.165) is 64.3 Å². The number of rotatable bonds is 8. The van der Waals surface area contributed by atoms with E-state index in [2.05, 4.69) is 26.8 Å². The van der Waals surface area contributed by atoms with E-state index in [1.165, 1.54) is 28.9 Å². The molecule has 2 N–H and O–H groups in total. The summed E-state index contributed by atoms with van der Waals surface area (Å²) in [6.07, 6.45) is 8.02. The number of piperidine rings is 3. The molecule has 1 aromatic heterocycles. The normalized spacial score (nSPS) is 24.8. The van der Waals surface area contributed by atoms with E-state index in [9.17, 15) is 19.1 Å². The summed E-state index contributed by atoms with van der Waals surface area (Å²) in [5.41, 5.74) is 1.38. The van der Waals surface area contributed by atoms with Gasteiger partial charge in [0.2, 0.25) is 5.91 Å². The first-order valence-corrected chi connectivity index (χ1v) is 15.8. The van der Waals surface area contributed by atoms with Gasteiger partial charge in [0.1, 0.15) is 17.9 Å². The average molecular weight is 607 g/mol. The molecule has 1 spiro atoms. The van der Waals surface area contributed by atoms with Crippen LogP contribution in [0.15, 0.2) is 42.9 Å². The molecule has 2 amide bonds. The lowest BCUT2D eigenvalue weighted by Crippen LogP contribution is -2.64. The molecule has 1 aliphatic carbocycles. The second kappa shape index (κ2) is 12.1. The van der Waals surface area contributed by atoms with Crippen molar-refractivity contribution in [2.45, 2.75) is 77.0 Å². The highest BCUT2D eigenvalue weighted by atomic mass is 19.1. The molecule has 0 radical (unpaired) electrons. The number of carbonyl (C=O) groups is 2. The van der Waals surface area contributed by atoms with Crippen molar-refractivity contribution in [3.05, 3.63) is 54.3 Å². The quantitative estimate of drug-likeness (QED) is 0.437. The fourth-order valence-corrected chi connectivity index (χ4v) is 7.61. The highest BCUT2D eigenvalue weighted by Gasteiger charge is 2.49. The van der Waals surface area contributed by atoms with Gasteiger partial charge in [0.25, 0.3) is 5.91 Å². The number of aliphatic hydroxyl groups excluding tert-OH is 1. The monoisotopic (exact) mass is 606 g/mol. The van der Waals surface area contributed by atoms with E-state index in [4.69, 9.17) is 4.74 Å². The molecule has 44 heavy (non-hydrogen) atoms. The Morgan fingerprint density at radius 3 is 2.61 bits per heavy atom. The molecule has 0 unspecified atom stereocenters. The number of anilines is 1. The van der Waals surface area contributed by atoms with E-state index < -0.39 is 17.8 Å². The van der Waals surface area contributed by atoms with Crippen molar-refractivity contribution in [3.8, 4) is 11.5 Å². The van der Waals surface area contributed by atoms with Gasteiger partial charge in [-0.25, -0.2) is 14.4 Å². The lowest BCUT2D eigenvalue weighted by molar-refractivity contribution is -0.138. The Bertz CT molecular complexity index is 1420. The van der Waals surface area contributed by atoms with E-state index >= 15 is 0 Å². The Kier molecular flexibility index (Phi) is 8.36. The van der Waals surface area contributed by atoms with Gasteiger partial charge >= 0.3 is 0 Å². The van der Waals surface area contributed by atoms with Gasteiger partial charge in [0.05, 0.1) is 30.5 Å². The van der Waals surface area contributed by atoms with Crippen molar-refractivity contribution in [2.75, 3.05) is 37.7 Å². The van der Waals surface area contributed by atoms with Crippen LogP contribution < -0.4 is 15.0 Å². The maximum atomic E-state index is 14.4. The Morgan fingerprint density at radius 1 is 1.20 bits per heavy atom. The number of halogens is 1.